The van der Waals surface area contributed by atoms with Crippen molar-refractivity contribution in [1.82, 2.24) is 34.7 Å². The number of hydrogen-bond acceptors (Lipinski definition) is 7. The number of likely N-dealkylation sites (tertiary alicyclic amines) is 1. The standard InChI is InChI=1S/C16H17N7OS/c1-11-14(25-21-17-11)16(24)22-9-7-13(8-10-22)23-19-15(18-20-23)12-5-3-2-4-6-12/h2-6,13H,7-10H2,1H3. The largest absolute Gasteiger partial charge is 0.338 e. The zero-order valence-electron chi connectivity index (χ0n) is 13.7. The van der Waals surface area contributed by atoms with Crippen LogP contribution in [0.25, 0.3) is 11.4 Å². The van der Waals surface area contributed by atoms with E-state index in [1.54, 1.807) is 4.80 Å². The molecule has 1 fully saturated rings. The van der Waals surface area contributed by atoms with Crippen LogP contribution in [0.4, 0.5) is 0 Å². The van der Waals surface area contributed by atoms with E-state index in [4.69, 9.17) is 0 Å². The van der Waals surface area contributed by atoms with Gasteiger partial charge < -0.3 is 4.90 Å². The molecule has 0 aliphatic carbocycles. The normalized spacial score (nSPS) is 15.5. The van der Waals surface area contributed by atoms with Crippen molar-refractivity contribution >= 4 is 17.4 Å². The molecular weight excluding hydrogens is 338 g/mol. The van der Waals surface area contributed by atoms with E-state index in [0.717, 1.165) is 29.9 Å². The lowest BCUT2D eigenvalue weighted by molar-refractivity contribution is 0.0687. The highest BCUT2D eigenvalue weighted by Crippen LogP contribution is 2.24. The molecule has 128 valence electrons. The molecule has 0 saturated carbocycles. The zero-order chi connectivity index (χ0) is 17.2. The summed E-state index contributed by atoms with van der Waals surface area (Å²) in [6, 6.07) is 9.96. The first-order valence-corrected chi connectivity index (χ1v) is 8.93. The van der Waals surface area contributed by atoms with Gasteiger partial charge in [-0.1, -0.05) is 34.8 Å². The maximum Gasteiger partial charge on any atom is 0.267 e. The monoisotopic (exact) mass is 355 g/mol. The molecule has 0 radical (unpaired) electrons. The molecule has 3 heterocycles. The molecule has 0 unspecified atom stereocenters. The van der Waals surface area contributed by atoms with E-state index in [1.165, 1.54) is 0 Å². The van der Waals surface area contributed by atoms with Gasteiger partial charge >= 0.3 is 0 Å². The molecular formula is C16H17N7OS. The van der Waals surface area contributed by atoms with Gasteiger partial charge in [0.25, 0.3) is 5.91 Å². The van der Waals surface area contributed by atoms with Gasteiger partial charge in [0, 0.05) is 18.7 Å². The van der Waals surface area contributed by atoms with Crippen molar-refractivity contribution in [2.24, 2.45) is 0 Å². The summed E-state index contributed by atoms with van der Waals surface area (Å²) < 4.78 is 3.84. The number of carbonyl (C=O) groups is 1. The van der Waals surface area contributed by atoms with Crippen LogP contribution in [0.5, 0.6) is 0 Å². The Kier molecular flexibility index (Phi) is 4.22. The van der Waals surface area contributed by atoms with E-state index < -0.39 is 0 Å². The molecule has 3 aromatic rings. The van der Waals surface area contributed by atoms with Crippen molar-refractivity contribution in [2.45, 2.75) is 25.8 Å². The van der Waals surface area contributed by atoms with E-state index in [-0.39, 0.29) is 11.9 Å². The summed E-state index contributed by atoms with van der Waals surface area (Å²) in [5.41, 5.74) is 1.65. The number of aromatic nitrogens is 6. The summed E-state index contributed by atoms with van der Waals surface area (Å²) in [6.07, 6.45) is 1.61. The fraction of sp³-hybridized carbons (Fsp3) is 0.375. The second kappa shape index (κ2) is 6.67. The number of aryl methyl sites for hydroxylation is 1. The van der Waals surface area contributed by atoms with Crippen molar-refractivity contribution in [3.63, 3.8) is 0 Å². The van der Waals surface area contributed by atoms with Gasteiger partial charge in [-0.3, -0.25) is 4.79 Å². The number of tetrazole rings is 1. The quantitative estimate of drug-likeness (QED) is 0.714. The number of amides is 1. The van der Waals surface area contributed by atoms with Gasteiger partial charge in [-0.25, -0.2) is 0 Å². The molecule has 8 nitrogen and oxygen atoms in total. The van der Waals surface area contributed by atoms with Crippen LogP contribution in [0.15, 0.2) is 30.3 Å². The lowest BCUT2D eigenvalue weighted by atomic mass is 10.1. The third-order valence-electron chi connectivity index (χ3n) is 4.38. The Bertz CT molecular complexity index is 868. The van der Waals surface area contributed by atoms with Crippen molar-refractivity contribution in [2.75, 3.05) is 13.1 Å². The Balaban J connectivity index is 1.42. The minimum atomic E-state index is 0.0162. The summed E-state index contributed by atoms with van der Waals surface area (Å²) in [5.74, 6) is 0.646. The maximum absolute atomic E-state index is 12.5. The topological polar surface area (TPSA) is 89.7 Å². The molecule has 0 atom stereocenters. The summed E-state index contributed by atoms with van der Waals surface area (Å²) in [6.45, 7) is 3.15. The average molecular weight is 355 g/mol. The van der Waals surface area contributed by atoms with Crippen LogP contribution in [-0.2, 0) is 0 Å². The number of piperidine rings is 1. The van der Waals surface area contributed by atoms with Crippen LogP contribution in [0.3, 0.4) is 0 Å². The summed E-state index contributed by atoms with van der Waals surface area (Å²) in [7, 11) is 0. The second-order valence-electron chi connectivity index (χ2n) is 6.01. The van der Waals surface area contributed by atoms with E-state index in [2.05, 4.69) is 25.0 Å². The molecule has 1 aromatic carbocycles. The summed E-state index contributed by atoms with van der Waals surface area (Å²) >= 11 is 1.16. The summed E-state index contributed by atoms with van der Waals surface area (Å²) in [5, 5.41) is 16.8. The SMILES string of the molecule is Cc1nnsc1C(=O)N1CCC(n2nnc(-c3ccccc3)n2)CC1. The van der Waals surface area contributed by atoms with Crippen LogP contribution < -0.4 is 0 Å². The number of carbonyl (C=O) groups excluding carboxylic acids is 1. The van der Waals surface area contributed by atoms with E-state index in [9.17, 15) is 4.79 Å². The number of nitrogens with zero attached hydrogens (tertiary/aromatic N) is 7. The molecule has 0 spiro atoms. The number of rotatable bonds is 3. The van der Waals surface area contributed by atoms with Crippen molar-refractivity contribution < 1.29 is 4.79 Å². The van der Waals surface area contributed by atoms with Crippen LogP contribution in [0.1, 0.15) is 34.2 Å². The highest BCUT2D eigenvalue weighted by Gasteiger charge is 2.28. The van der Waals surface area contributed by atoms with Crippen LogP contribution >= 0.6 is 11.5 Å². The van der Waals surface area contributed by atoms with Gasteiger partial charge in [-0.2, -0.15) is 4.80 Å². The lowest BCUT2D eigenvalue weighted by Gasteiger charge is -2.30. The van der Waals surface area contributed by atoms with Crippen molar-refractivity contribution in [1.29, 1.82) is 0 Å². The molecule has 0 N–H and O–H groups in total. The van der Waals surface area contributed by atoms with E-state index in [1.807, 2.05) is 42.2 Å². The molecule has 9 heteroatoms. The van der Waals surface area contributed by atoms with Gasteiger partial charge in [0.1, 0.15) is 4.88 Å². The predicted octanol–water partition coefficient (Wildman–Crippen LogP) is 1.98. The van der Waals surface area contributed by atoms with Gasteiger partial charge in [0.15, 0.2) is 0 Å². The second-order valence-corrected chi connectivity index (χ2v) is 6.76. The average Bonchev–Trinajstić information content (AvgIpc) is 3.31. The van der Waals surface area contributed by atoms with Crippen LogP contribution in [0.2, 0.25) is 0 Å². The fourth-order valence-electron chi connectivity index (χ4n) is 2.95. The Morgan fingerprint density at radius 2 is 1.92 bits per heavy atom. The van der Waals surface area contributed by atoms with Crippen LogP contribution in [-0.4, -0.2) is 53.7 Å². The fourth-order valence-corrected chi connectivity index (χ4v) is 3.58. The molecule has 1 amide bonds. The third kappa shape index (κ3) is 3.14. The molecule has 2 aromatic heterocycles. The highest BCUT2D eigenvalue weighted by molar-refractivity contribution is 7.07. The number of hydrogen-bond donors (Lipinski definition) is 0. The lowest BCUT2D eigenvalue weighted by Crippen LogP contribution is -2.39. The van der Waals surface area contributed by atoms with Gasteiger partial charge in [-0.15, -0.1) is 15.3 Å². The highest BCUT2D eigenvalue weighted by atomic mass is 32.1. The molecule has 1 aliphatic rings. The Hall–Kier alpha value is -2.68. The smallest absolute Gasteiger partial charge is 0.267 e. The van der Waals surface area contributed by atoms with Gasteiger partial charge in [0.2, 0.25) is 5.82 Å². The Labute approximate surface area is 148 Å². The third-order valence-corrected chi connectivity index (χ3v) is 5.20. The molecule has 4 rings (SSSR count). The molecule has 1 saturated heterocycles. The van der Waals surface area contributed by atoms with Gasteiger partial charge in [0.05, 0.1) is 11.7 Å². The molecule has 0 bridgehead atoms. The minimum absolute atomic E-state index is 0.0162. The molecule has 25 heavy (non-hydrogen) atoms. The summed E-state index contributed by atoms with van der Waals surface area (Å²) in [4.78, 5) is 16.7. The first-order chi connectivity index (χ1) is 12.2. The van der Waals surface area contributed by atoms with Crippen LogP contribution in [0, 0.1) is 6.92 Å². The zero-order valence-corrected chi connectivity index (χ0v) is 14.6. The Morgan fingerprint density at radius 3 is 2.60 bits per heavy atom. The first-order valence-electron chi connectivity index (χ1n) is 8.15. The van der Waals surface area contributed by atoms with E-state index >= 15 is 0 Å². The predicted molar refractivity (Wildman–Crippen MR) is 92.1 cm³/mol. The Morgan fingerprint density at radius 1 is 1.16 bits per heavy atom. The van der Waals surface area contributed by atoms with E-state index in [0.29, 0.717) is 29.5 Å². The van der Waals surface area contributed by atoms with Crippen molar-refractivity contribution in [3.8, 4) is 11.4 Å². The molecule has 1 aliphatic heterocycles. The maximum atomic E-state index is 12.5. The first kappa shape index (κ1) is 15.8. The van der Waals surface area contributed by atoms with Crippen molar-refractivity contribution in [3.05, 3.63) is 40.9 Å². The number of benzene rings is 1. The minimum Gasteiger partial charge on any atom is -0.338 e. The van der Waals surface area contributed by atoms with Gasteiger partial charge in [-0.05, 0) is 36.5 Å².